The van der Waals surface area contributed by atoms with E-state index in [1.807, 2.05) is 30.3 Å². The van der Waals surface area contributed by atoms with Crippen molar-refractivity contribution < 1.29 is 0 Å². The zero-order chi connectivity index (χ0) is 13.3. The molecule has 1 aromatic carbocycles. The van der Waals surface area contributed by atoms with Crippen LogP contribution in [0.4, 0.5) is 0 Å². The van der Waals surface area contributed by atoms with E-state index in [1.165, 1.54) is 10.5 Å². The lowest BCUT2D eigenvalue weighted by Gasteiger charge is -2.13. The number of nitrogens with zero attached hydrogens (tertiary/aromatic N) is 1. The van der Waals surface area contributed by atoms with E-state index in [-0.39, 0.29) is 6.04 Å². The minimum absolute atomic E-state index is 0.105. The molecule has 1 heterocycles. The third kappa shape index (κ3) is 5.11. The molecule has 0 aliphatic rings. The van der Waals surface area contributed by atoms with Gasteiger partial charge in [0.05, 0.1) is 6.04 Å². The number of benzene rings is 1. The van der Waals surface area contributed by atoms with Gasteiger partial charge in [0.15, 0.2) is 0 Å². The molecule has 1 aromatic heterocycles. The van der Waals surface area contributed by atoms with Crippen molar-refractivity contribution in [1.82, 2.24) is 10.3 Å². The number of aromatic nitrogens is 1. The summed E-state index contributed by atoms with van der Waals surface area (Å²) in [7, 11) is 0. The SMILES string of the molecule is S=[C]C(CSc1ccncc1)NCc1ccccc1. The Bertz CT molecular complexity index is 445. The fourth-order valence-electron chi connectivity index (χ4n) is 1.59. The van der Waals surface area contributed by atoms with Crippen molar-refractivity contribution in [1.29, 1.82) is 0 Å². The van der Waals surface area contributed by atoms with Gasteiger partial charge in [0.25, 0.3) is 0 Å². The largest absolute Gasteiger partial charge is 0.304 e. The fraction of sp³-hybridized carbons (Fsp3) is 0.200. The lowest BCUT2D eigenvalue weighted by Crippen LogP contribution is -2.31. The van der Waals surface area contributed by atoms with E-state index in [1.54, 1.807) is 24.2 Å². The molecule has 1 atom stereocenters. The van der Waals surface area contributed by atoms with Crippen LogP contribution in [0, 0.1) is 0 Å². The van der Waals surface area contributed by atoms with Crippen molar-refractivity contribution in [2.75, 3.05) is 5.75 Å². The van der Waals surface area contributed by atoms with Crippen LogP contribution in [-0.2, 0) is 6.54 Å². The quantitative estimate of drug-likeness (QED) is 0.624. The predicted octanol–water partition coefficient (Wildman–Crippen LogP) is 3.21. The Morgan fingerprint density at radius 1 is 1.16 bits per heavy atom. The maximum Gasteiger partial charge on any atom is 0.0533 e. The Labute approximate surface area is 123 Å². The summed E-state index contributed by atoms with van der Waals surface area (Å²) in [5, 5.41) is 6.28. The van der Waals surface area contributed by atoms with Gasteiger partial charge >= 0.3 is 0 Å². The van der Waals surface area contributed by atoms with Crippen LogP contribution in [0.15, 0.2) is 59.8 Å². The highest BCUT2D eigenvalue weighted by Crippen LogP contribution is 2.17. The molecule has 0 saturated carbocycles. The van der Waals surface area contributed by atoms with Gasteiger partial charge < -0.3 is 5.32 Å². The van der Waals surface area contributed by atoms with Gasteiger partial charge in [-0.2, -0.15) is 0 Å². The van der Waals surface area contributed by atoms with Gasteiger partial charge in [-0.15, -0.1) is 11.8 Å². The third-order valence-electron chi connectivity index (χ3n) is 2.60. The second-order valence-electron chi connectivity index (χ2n) is 4.03. The van der Waals surface area contributed by atoms with Gasteiger partial charge in [0.1, 0.15) is 0 Å². The minimum Gasteiger partial charge on any atom is -0.304 e. The molecule has 0 bridgehead atoms. The maximum absolute atomic E-state index is 4.97. The van der Waals surface area contributed by atoms with Gasteiger partial charge in [-0.25, -0.2) is 0 Å². The van der Waals surface area contributed by atoms with Gasteiger partial charge in [0, 0.05) is 35.0 Å². The fourth-order valence-corrected chi connectivity index (χ4v) is 2.73. The summed E-state index contributed by atoms with van der Waals surface area (Å²) in [6, 6.07) is 14.4. The first-order chi connectivity index (χ1) is 9.38. The number of nitrogens with one attached hydrogen (secondary N) is 1. The van der Waals surface area contributed by atoms with Gasteiger partial charge in [-0.3, -0.25) is 4.98 Å². The van der Waals surface area contributed by atoms with E-state index >= 15 is 0 Å². The molecular formula is C15H15N2S2. The molecule has 2 nitrogen and oxygen atoms in total. The topological polar surface area (TPSA) is 24.9 Å². The molecule has 0 spiro atoms. The molecule has 0 fully saturated rings. The molecule has 19 heavy (non-hydrogen) atoms. The highest BCUT2D eigenvalue weighted by Gasteiger charge is 2.06. The predicted molar refractivity (Wildman–Crippen MR) is 84.6 cm³/mol. The zero-order valence-electron chi connectivity index (χ0n) is 10.5. The highest BCUT2D eigenvalue weighted by molar-refractivity contribution is 7.99. The summed E-state index contributed by atoms with van der Waals surface area (Å²) in [6.45, 7) is 0.812. The van der Waals surface area contributed by atoms with Crippen LogP contribution in [0.5, 0.6) is 0 Å². The number of hydrogen-bond donors (Lipinski definition) is 1. The second-order valence-corrected chi connectivity index (χ2v) is 5.36. The molecular weight excluding hydrogens is 272 g/mol. The summed E-state index contributed by atoms with van der Waals surface area (Å²) in [6.07, 6.45) is 3.60. The lowest BCUT2D eigenvalue weighted by atomic mass is 10.2. The molecule has 1 unspecified atom stereocenters. The van der Waals surface area contributed by atoms with E-state index in [4.69, 9.17) is 12.2 Å². The first-order valence-corrected chi connectivity index (χ1v) is 7.45. The zero-order valence-corrected chi connectivity index (χ0v) is 12.1. The first kappa shape index (κ1) is 14.2. The minimum atomic E-state index is 0.105. The first-order valence-electron chi connectivity index (χ1n) is 6.06. The van der Waals surface area contributed by atoms with E-state index in [0.29, 0.717) is 0 Å². The molecule has 0 aliphatic heterocycles. The molecule has 0 saturated heterocycles. The molecule has 1 radical (unpaired) electrons. The van der Waals surface area contributed by atoms with E-state index in [2.05, 4.69) is 27.8 Å². The van der Waals surface area contributed by atoms with E-state index in [0.717, 1.165) is 12.3 Å². The maximum atomic E-state index is 4.97. The smallest absolute Gasteiger partial charge is 0.0533 e. The van der Waals surface area contributed by atoms with Crippen LogP contribution in [0.1, 0.15) is 5.56 Å². The lowest BCUT2D eigenvalue weighted by molar-refractivity contribution is 0.676. The Morgan fingerprint density at radius 3 is 2.58 bits per heavy atom. The van der Waals surface area contributed by atoms with Crippen molar-refractivity contribution >= 4 is 29.3 Å². The Balaban J connectivity index is 1.79. The van der Waals surface area contributed by atoms with Gasteiger partial charge in [-0.05, 0) is 17.7 Å². The number of thiocarbonyl (C=S) groups is 1. The number of rotatable bonds is 7. The molecule has 97 valence electrons. The van der Waals surface area contributed by atoms with Crippen LogP contribution in [-0.4, -0.2) is 22.1 Å². The van der Waals surface area contributed by atoms with Crippen LogP contribution in [0.3, 0.4) is 0 Å². The van der Waals surface area contributed by atoms with Gasteiger partial charge in [-0.1, -0.05) is 42.5 Å². The summed E-state index contributed by atoms with van der Waals surface area (Å²) in [5.41, 5.74) is 1.26. The van der Waals surface area contributed by atoms with Crippen LogP contribution < -0.4 is 5.32 Å². The summed E-state index contributed by atoms with van der Waals surface area (Å²) in [4.78, 5) is 5.20. The molecule has 0 aliphatic carbocycles. The Kier molecular flexibility index (Phi) is 6.01. The average Bonchev–Trinajstić information content (AvgIpc) is 2.49. The van der Waals surface area contributed by atoms with Crippen LogP contribution in [0.2, 0.25) is 0 Å². The summed E-state index contributed by atoms with van der Waals surface area (Å²) in [5.74, 6) is 0.875. The van der Waals surface area contributed by atoms with Crippen molar-refractivity contribution in [3.05, 3.63) is 60.4 Å². The van der Waals surface area contributed by atoms with Gasteiger partial charge in [0.2, 0.25) is 0 Å². The third-order valence-corrected chi connectivity index (χ3v) is 3.99. The normalized spacial score (nSPS) is 12.0. The number of thioether (sulfide) groups is 1. The Hall–Kier alpha value is -1.23. The molecule has 0 amide bonds. The van der Waals surface area contributed by atoms with E-state index in [9.17, 15) is 0 Å². The number of pyridine rings is 1. The molecule has 1 N–H and O–H groups in total. The van der Waals surface area contributed by atoms with Crippen molar-refractivity contribution in [3.63, 3.8) is 0 Å². The number of hydrogen-bond acceptors (Lipinski definition) is 4. The van der Waals surface area contributed by atoms with Crippen molar-refractivity contribution in [2.45, 2.75) is 17.5 Å². The van der Waals surface area contributed by atoms with Crippen LogP contribution >= 0.6 is 24.0 Å². The summed E-state index contributed by atoms with van der Waals surface area (Å²) < 4.78 is 0. The van der Waals surface area contributed by atoms with Crippen molar-refractivity contribution in [2.24, 2.45) is 0 Å². The summed E-state index contributed by atoms with van der Waals surface area (Å²) >= 11 is 6.72. The highest BCUT2D eigenvalue weighted by atomic mass is 32.2. The molecule has 4 heteroatoms. The van der Waals surface area contributed by atoms with Crippen molar-refractivity contribution in [3.8, 4) is 0 Å². The Morgan fingerprint density at radius 2 is 1.89 bits per heavy atom. The van der Waals surface area contributed by atoms with Crippen LogP contribution in [0.25, 0.3) is 0 Å². The molecule has 2 rings (SSSR count). The van der Waals surface area contributed by atoms with E-state index < -0.39 is 0 Å². The average molecular weight is 287 g/mol. The monoisotopic (exact) mass is 287 g/mol. The standard InChI is InChI=1S/C15H15N2S2/c18-11-14(12-19-15-6-8-16-9-7-15)17-10-13-4-2-1-3-5-13/h1-9,14,17H,10,12H2. The molecule has 2 aromatic rings. The second kappa shape index (κ2) is 8.04.